The van der Waals surface area contributed by atoms with Crippen molar-refractivity contribution in [3.63, 3.8) is 0 Å². The molecule has 1 heteroatoms. The van der Waals surface area contributed by atoms with Crippen molar-refractivity contribution in [3.8, 4) is 23.7 Å². The first-order valence-electron chi connectivity index (χ1n) is 20.8. The highest BCUT2D eigenvalue weighted by molar-refractivity contribution is 6.14. The molecule has 0 aliphatic heterocycles. The first kappa shape index (κ1) is 32.8. The number of carbonyl (C=O) groups excluding carboxylic acids is 1. The van der Waals surface area contributed by atoms with Gasteiger partial charge >= 0.3 is 0 Å². The van der Waals surface area contributed by atoms with Gasteiger partial charge in [-0.1, -0.05) is 101 Å². The highest BCUT2D eigenvalue weighted by atomic mass is 16.1. The van der Waals surface area contributed by atoms with Crippen molar-refractivity contribution in [3.05, 3.63) is 22.3 Å². The summed E-state index contributed by atoms with van der Waals surface area (Å²) in [6.07, 6.45) is 36.7. The summed E-state index contributed by atoms with van der Waals surface area (Å²) in [7, 11) is 0. The molecule has 0 amide bonds. The lowest BCUT2D eigenvalue weighted by molar-refractivity contribution is -0.113. The second-order valence-corrected chi connectivity index (χ2v) is 17.0. The van der Waals surface area contributed by atoms with Gasteiger partial charge in [0.05, 0.1) is 0 Å². The average Bonchev–Trinajstić information content (AvgIpc) is 3.44. The van der Waals surface area contributed by atoms with Gasteiger partial charge in [0.2, 0.25) is 0 Å². The molecule has 0 N–H and O–H groups in total. The van der Waals surface area contributed by atoms with Crippen LogP contribution >= 0.6 is 0 Å². The molecule has 0 radical (unpaired) electrons. The van der Waals surface area contributed by atoms with Gasteiger partial charge in [-0.3, -0.25) is 4.79 Å². The summed E-state index contributed by atoms with van der Waals surface area (Å²) < 4.78 is 0. The molecule has 0 bridgehead atoms. The van der Waals surface area contributed by atoms with Crippen LogP contribution in [0.25, 0.3) is 0 Å². The number of hydrogen-bond acceptors (Lipinski definition) is 1. The van der Waals surface area contributed by atoms with Crippen molar-refractivity contribution >= 4 is 5.78 Å². The molecule has 0 aromatic heterocycles. The molecule has 0 saturated heterocycles. The van der Waals surface area contributed by atoms with E-state index in [1.54, 1.807) is 11.1 Å². The molecule has 6 fully saturated rings. The topological polar surface area (TPSA) is 17.1 Å². The molecule has 7 aliphatic carbocycles. The molecule has 1 nitrogen and oxygen atoms in total. The zero-order valence-corrected chi connectivity index (χ0v) is 29.3. The molecule has 0 spiro atoms. The van der Waals surface area contributed by atoms with Crippen LogP contribution in [-0.2, 0) is 4.79 Å². The molecular formula is C45H64O. The third-order valence-electron chi connectivity index (χ3n) is 13.9. The van der Waals surface area contributed by atoms with E-state index < -0.39 is 0 Å². The van der Waals surface area contributed by atoms with E-state index in [-0.39, 0.29) is 0 Å². The lowest BCUT2D eigenvalue weighted by Crippen LogP contribution is -2.23. The number of carbonyl (C=O) groups is 1. The van der Waals surface area contributed by atoms with Gasteiger partial charge in [-0.2, -0.15) is 0 Å². The zero-order chi connectivity index (χ0) is 31.1. The minimum atomic E-state index is 0.522. The third kappa shape index (κ3) is 7.77. The molecule has 0 atom stereocenters. The van der Waals surface area contributed by atoms with Crippen LogP contribution in [0.3, 0.4) is 0 Å². The Balaban J connectivity index is 1.14. The normalized spacial score (nSPS) is 33.0. The molecule has 7 rings (SSSR count). The minimum Gasteiger partial charge on any atom is -0.289 e. The molecule has 0 aromatic rings. The van der Waals surface area contributed by atoms with Crippen molar-refractivity contribution in [2.75, 3.05) is 0 Å². The molecule has 250 valence electrons. The van der Waals surface area contributed by atoms with Crippen LogP contribution < -0.4 is 0 Å². The van der Waals surface area contributed by atoms with Gasteiger partial charge in [0.1, 0.15) is 0 Å². The van der Waals surface area contributed by atoms with E-state index in [9.17, 15) is 4.79 Å². The minimum absolute atomic E-state index is 0.522. The summed E-state index contributed by atoms with van der Waals surface area (Å²) in [6.45, 7) is 0. The summed E-state index contributed by atoms with van der Waals surface area (Å²) in [5.41, 5.74) is 6.03. The fourth-order valence-corrected chi connectivity index (χ4v) is 11.2. The van der Waals surface area contributed by atoms with E-state index in [2.05, 4.69) is 23.7 Å². The van der Waals surface area contributed by atoms with Gasteiger partial charge < -0.3 is 0 Å². The zero-order valence-electron chi connectivity index (χ0n) is 29.3. The monoisotopic (exact) mass is 620 g/mol. The van der Waals surface area contributed by atoms with Gasteiger partial charge in [0.25, 0.3) is 0 Å². The Hall–Kier alpha value is -1.73. The van der Waals surface area contributed by atoms with E-state index in [0.717, 1.165) is 0 Å². The molecule has 0 unspecified atom stereocenters. The van der Waals surface area contributed by atoms with Crippen LogP contribution in [-0.4, -0.2) is 5.78 Å². The number of Topliss-reactive ketones (excluding diaryl/α,β-unsaturated/α-hetero) is 1. The molecule has 0 aromatic carbocycles. The Labute approximate surface area is 283 Å². The maximum Gasteiger partial charge on any atom is 0.186 e. The van der Waals surface area contributed by atoms with Gasteiger partial charge in [-0.05, 0) is 138 Å². The number of ketones is 1. The second-order valence-electron chi connectivity index (χ2n) is 17.0. The van der Waals surface area contributed by atoms with Crippen LogP contribution in [0.1, 0.15) is 180 Å². The Bertz CT molecular complexity index is 1120. The Morgan fingerprint density at radius 3 is 0.870 bits per heavy atom. The van der Waals surface area contributed by atoms with Gasteiger partial charge in [0.15, 0.2) is 5.78 Å². The van der Waals surface area contributed by atoms with E-state index in [1.807, 2.05) is 0 Å². The van der Waals surface area contributed by atoms with E-state index in [1.165, 1.54) is 191 Å². The number of rotatable bonds is 4. The van der Waals surface area contributed by atoms with Gasteiger partial charge in [0, 0.05) is 34.8 Å². The van der Waals surface area contributed by atoms with Gasteiger partial charge in [-0.15, -0.1) is 0 Å². The standard InChI is InChI=1S/C45H64O/c46-45-43(37-17-9-3-10-18-37)41(39-29-25-35(26-30-39)23-21-33-13-5-1-6-14-33)42(44(45)38-19-11-4-12-20-38)40-31-27-36(28-32-40)24-22-34-15-7-2-8-16-34/h33-40H,1-20,25-32H2. The lowest BCUT2D eigenvalue weighted by Gasteiger charge is -2.36. The van der Waals surface area contributed by atoms with Gasteiger partial charge in [-0.25, -0.2) is 0 Å². The predicted molar refractivity (Wildman–Crippen MR) is 192 cm³/mol. The summed E-state index contributed by atoms with van der Waals surface area (Å²) in [5, 5.41) is 0. The van der Waals surface area contributed by atoms with Crippen molar-refractivity contribution in [1.29, 1.82) is 0 Å². The molecule has 46 heavy (non-hydrogen) atoms. The Morgan fingerprint density at radius 1 is 0.283 bits per heavy atom. The van der Waals surface area contributed by atoms with Crippen molar-refractivity contribution in [2.45, 2.75) is 180 Å². The SMILES string of the molecule is O=C1C(C2CCCCC2)=C(C2CCC(C#CC3CCCCC3)CC2)C(C2CCC(C#CC3CCCCC3)CC2)=C1C1CCCCC1. The fourth-order valence-electron chi connectivity index (χ4n) is 11.2. The summed E-state index contributed by atoms with van der Waals surface area (Å²) >= 11 is 0. The predicted octanol–water partition coefficient (Wildman–Crippen LogP) is 12.1. The Morgan fingerprint density at radius 2 is 0.543 bits per heavy atom. The molecule has 0 heterocycles. The highest BCUT2D eigenvalue weighted by Crippen LogP contribution is 2.54. The summed E-state index contributed by atoms with van der Waals surface area (Å²) in [4.78, 5) is 14.9. The quantitative estimate of drug-likeness (QED) is 0.286. The Kier molecular flexibility index (Phi) is 11.5. The van der Waals surface area contributed by atoms with E-state index in [4.69, 9.17) is 0 Å². The van der Waals surface area contributed by atoms with E-state index in [0.29, 0.717) is 53.1 Å². The summed E-state index contributed by atoms with van der Waals surface area (Å²) in [6, 6.07) is 0. The van der Waals surface area contributed by atoms with Crippen molar-refractivity contribution in [1.82, 2.24) is 0 Å². The van der Waals surface area contributed by atoms with E-state index >= 15 is 0 Å². The summed E-state index contributed by atoms with van der Waals surface area (Å²) in [5.74, 6) is 20.4. The van der Waals surface area contributed by atoms with Crippen molar-refractivity contribution in [2.24, 2.45) is 47.3 Å². The first-order chi connectivity index (χ1) is 22.7. The van der Waals surface area contributed by atoms with Crippen LogP contribution in [0.5, 0.6) is 0 Å². The maximum atomic E-state index is 14.9. The lowest BCUT2D eigenvalue weighted by atomic mass is 9.68. The smallest absolute Gasteiger partial charge is 0.186 e. The molecular weight excluding hydrogens is 556 g/mol. The maximum absolute atomic E-state index is 14.9. The number of hydrogen-bond donors (Lipinski definition) is 0. The third-order valence-corrected chi connectivity index (χ3v) is 13.9. The van der Waals surface area contributed by atoms with Crippen LogP contribution in [0.2, 0.25) is 0 Å². The number of allylic oxidation sites excluding steroid dienone is 4. The first-order valence-corrected chi connectivity index (χ1v) is 20.8. The highest BCUT2D eigenvalue weighted by Gasteiger charge is 2.45. The second kappa shape index (κ2) is 16.1. The molecule has 7 aliphatic rings. The average molecular weight is 621 g/mol. The molecule has 6 saturated carbocycles. The fraction of sp³-hybridized carbons (Fsp3) is 0.800. The van der Waals surface area contributed by atoms with Crippen LogP contribution in [0, 0.1) is 71.0 Å². The van der Waals surface area contributed by atoms with Crippen molar-refractivity contribution < 1.29 is 4.79 Å². The van der Waals surface area contributed by atoms with Crippen LogP contribution in [0.15, 0.2) is 22.3 Å². The largest absolute Gasteiger partial charge is 0.289 e. The van der Waals surface area contributed by atoms with Crippen LogP contribution in [0.4, 0.5) is 0 Å².